The predicted octanol–water partition coefficient (Wildman–Crippen LogP) is 6.06. The molecule has 0 bridgehead atoms. The molecule has 2 aromatic carbocycles. The van der Waals surface area contributed by atoms with E-state index in [-0.39, 0.29) is 17.4 Å². The van der Waals surface area contributed by atoms with Crippen LogP contribution in [0.15, 0.2) is 54.9 Å². The molecule has 0 aliphatic carbocycles. The number of anilines is 2. The highest BCUT2D eigenvalue weighted by Crippen LogP contribution is 2.37. The standard InChI is InChI=1S/C20H17F3N4O3/c1-12(2)13-6-8-16(9-7-13)30-19-17(27(28)29)18(24-11-25-19)26-15-5-3-4-14(10-15)20(21,22)23/h3-12H,1-2H3,(H,24,25,26). The average molecular weight is 418 g/mol. The zero-order valence-electron chi connectivity index (χ0n) is 16.0. The lowest BCUT2D eigenvalue weighted by Gasteiger charge is -2.12. The van der Waals surface area contributed by atoms with Crippen molar-refractivity contribution in [1.82, 2.24) is 9.97 Å². The van der Waals surface area contributed by atoms with Gasteiger partial charge in [0.05, 0.1) is 10.5 Å². The van der Waals surface area contributed by atoms with Crippen LogP contribution >= 0.6 is 0 Å². The summed E-state index contributed by atoms with van der Waals surface area (Å²) in [5, 5.41) is 14.2. The maximum atomic E-state index is 12.9. The molecule has 0 radical (unpaired) electrons. The van der Waals surface area contributed by atoms with E-state index in [1.807, 2.05) is 26.0 Å². The van der Waals surface area contributed by atoms with Gasteiger partial charge >= 0.3 is 17.7 Å². The van der Waals surface area contributed by atoms with E-state index >= 15 is 0 Å². The molecule has 0 spiro atoms. The Morgan fingerprint density at radius 1 is 1.10 bits per heavy atom. The summed E-state index contributed by atoms with van der Waals surface area (Å²) in [5.74, 6) is 0.00631. The summed E-state index contributed by atoms with van der Waals surface area (Å²) in [6.07, 6.45) is -3.52. The average Bonchev–Trinajstić information content (AvgIpc) is 2.68. The number of rotatable bonds is 6. The van der Waals surface area contributed by atoms with Gasteiger partial charge < -0.3 is 10.1 Å². The number of hydrogen-bond donors (Lipinski definition) is 1. The van der Waals surface area contributed by atoms with Crippen LogP contribution in [-0.4, -0.2) is 14.9 Å². The lowest BCUT2D eigenvalue weighted by atomic mass is 10.0. The molecule has 7 nitrogen and oxygen atoms in total. The summed E-state index contributed by atoms with van der Waals surface area (Å²) in [6.45, 7) is 4.05. The van der Waals surface area contributed by atoms with Gasteiger partial charge in [-0.2, -0.15) is 18.2 Å². The van der Waals surface area contributed by atoms with E-state index in [2.05, 4.69) is 15.3 Å². The van der Waals surface area contributed by atoms with Crippen molar-refractivity contribution < 1.29 is 22.8 Å². The van der Waals surface area contributed by atoms with Crippen LogP contribution in [0.3, 0.4) is 0 Å². The minimum Gasteiger partial charge on any atom is -0.434 e. The third kappa shape index (κ3) is 4.83. The van der Waals surface area contributed by atoms with Crippen LogP contribution in [0.2, 0.25) is 0 Å². The van der Waals surface area contributed by atoms with Crippen LogP contribution in [0, 0.1) is 10.1 Å². The molecule has 1 N–H and O–H groups in total. The summed E-state index contributed by atoms with van der Waals surface area (Å²) in [6, 6.07) is 11.2. The Kier molecular flexibility index (Phi) is 5.86. The molecule has 0 saturated heterocycles. The quantitative estimate of drug-likeness (QED) is 0.386. The third-order valence-corrected chi connectivity index (χ3v) is 4.19. The van der Waals surface area contributed by atoms with Crippen molar-refractivity contribution in [2.24, 2.45) is 0 Å². The Bertz CT molecular complexity index is 1050. The molecule has 0 atom stereocenters. The van der Waals surface area contributed by atoms with E-state index in [9.17, 15) is 23.3 Å². The third-order valence-electron chi connectivity index (χ3n) is 4.19. The second-order valence-corrected chi connectivity index (χ2v) is 6.66. The first-order chi connectivity index (χ1) is 14.1. The number of aromatic nitrogens is 2. The van der Waals surface area contributed by atoms with Crippen molar-refractivity contribution >= 4 is 17.2 Å². The molecule has 0 amide bonds. The summed E-state index contributed by atoms with van der Waals surface area (Å²) in [5.41, 5.74) is -0.445. The molecule has 0 aliphatic heterocycles. The van der Waals surface area contributed by atoms with Crippen molar-refractivity contribution in [2.75, 3.05) is 5.32 Å². The van der Waals surface area contributed by atoms with Gasteiger partial charge in [-0.25, -0.2) is 4.98 Å². The lowest BCUT2D eigenvalue weighted by molar-refractivity contribution is -0.385. The summed E-state index contributed by atoms with van der Waals surface area (Å²) >= 11 is 0. The first-order valence-electron chi connectivity index (χ1n) is 8.86. The minimum atomic E-state index is -4.55. The van der Waals surface area contributed by atoms with Gasteiger partial charge in [-0.3, -0.25) is 10.1 Å². The number of halogens is 3. The van der Waals surface area contributed by atoms with Crippen LogP contribution < -0.4 is 10.1 Å². The highest BCUT2D eigenvalue weighted by molar-refractivity contribution is 5.69. The molecule has 3 rings (SSSR count). The maximum Gasteiger partial charge on any atom is 0.416 e. The summed E-state index contributed by atoms with van der Waals surface area (Å²) in [7, 11) is 0. The van der Waals surface area contributed by atoms with E-state index < -0.39 is 22.4 Å². The fraction of sp³-hybridized carbons (Fsp3) is 0.200. The molecule has 30 heavy (non-hydrogen) atoms. The van der Waals surface area contributed by atoms with E-state index in [4.69, 9.17) is 4.74 Å². The van der Waals surface area contributed by atoms with E-state index in [1.54, 1.807) is 12.1 Å². The fourth-order valence-corrected chi connectivity index (χ4v) is 2.64. The number of benzene rings is 2. The largest absolute Gasteiger partial charge is 0.434 e. The topological polar surface area (TPSA) is 90.2 Å². The fourth-order valence-electron chi connectivity index (χ4n) is 2.64. The van der Waals surface area contributed by atoms with Crippen molar-refractivity contribution in [1.29, 1.82) is 0 Å². The maximum absolute atomic E-state index is 12.9. The van der Waals surface area contributed by atoms with Crippen molar-refractivity contribution in [2.45, 2.75) is 25.9 Å². The Morgan fingerprint density at radius 3 is 2.40 bits per heavy atom. The van der Waals surface area contributed by atoms with Crippen molar-refractivity contribution in [3.63, 3.8) is 0 Å². The van der Waals surface area contributed by atoms with Gasteiger partial charge in [0.1, 0.15) is 12.1 Å². The SMILES string of the molecule is CC(C)c1ccc(Oc2ncnc(Nc3cccc(C(F)(F)F)c3)c2[N+](=O)[O-])cc1. The van der Waals surface area contributed by atoms with Gasteiger partial charge in [-0.05, 0) is 41.8 Å². The molecule has 1 aromatic heterocycles. The van der Waals surface area contributed by atoms with Crippen LogP contribution in [0.5, 0.6) is 11.6 Å². The second kappa shape index (κ2) is 8.36. The molecule has 0 aliphatic rings. The van der Waals surface area contributed by atoms with Crippen molar-refractivity contribution in [3.8, 4) is 11.6 Å². The van der Waals surface area contributed by atoms with Gasteiger partial charge in [0.15, 0.2) is 0 Å². The molecular weight excluding hydrogens is 401 g/mol. The second-order valence-electron chi connectivity index (χ2n) is 6.66. The van der Waals surface area contributed by atoms with Crippen LogP contribution in [0.25, 0.3) is 0 Å². The van der Waals surface area contributed by atoms with E-state index in [1.165, 1.54) is 12.1 Å². The first kappa shape index (κ1) is 21.0. The summed E-state index contributed by atoms with van der Waals surface area (Å²) < 4.78 is 44.3. The number of ether oxygens (including phenoxy) is 1. The number of nitrogens with one attached hydrogen (secondary N) is 1. The zero-order chi connectivity index (χ0) is 21.9. The number of nitro groups is 1. The van der Waals surface area contributed by atoms with Gasteiger partial charge in [-0.15, -0.1) is 0 Å². The molecule has 3 aromatic rings. The molecule has 1 heterocycles. The number of nitrogens with zero attached hydrogens (tertiary/aromatic N) is 3. The Morgan fingerprint density at radius 2 is 1.80 bits per heavy atom. The zero-order valence-corrected chi connectivity index (χ0v) is 16.0. The number of hydrogen-bond acceptors (Lipinski definition) is 6. The Labute approximate surface area is 169 Å². The lowest BCUT2D eigenvalue weighted by Crippen LogP contribution is -2.06. The van der Waals surface area contributed by atoms with Crippen LogP contribution in [0.4, 0.5) is 30.4 Å². The smallest absolute Gasteiger partial charge is 0.416 e. The van der Waals surface area contributed by atoms with Crippen LogP contribution in [0.1, 0.15) is 30.9 Å². The van der Waals surface area contributed by atoms with Gasteiger partial charge in [0.25, 0.3) is 0 Å². The molecule has 0 unspecified atom stereocenters. The molecule has 0 saturated carbocycles. The number of alkyl halides is 3. The molecule has 10 heteroatoms. The Hall–Kier alpha value is -3.69. The highest BCUT2D eigenvalue weighted by atomic mass is 19.4. The van der Waals surface area contributed by atoms with Crippen molar-refractivity contribution in [3.05, 3.63) is 76.1 Å². The molecular formula is C20H17F3N4O3. The first-order valence-corrected chi connectivity index (χ1v) is 8.86. The molecule has 156 valence electrons. The monoisotopic (exact) mass is 418 g/mol. The Balaban J connectivity index is 1.93. The predicted molar refractivity (Wildman–Crippen MR) is 104 cm³/mol. The van der Waals surface area contributed by atoms with Gasteiger partial charge in [-0.1, -0.05) is 32.0 Å². The molecule has 0 fully saturated rings. The van der Waals surface area contributed by atoms with Gasteiger partial charge in [0, 0.05) is 5.69 Å². The minimum absolute atomic E-state index is 0.0149. The van der Waals surface area contributed by atoms with E-state index in [0.717, 1.165) is 24.0 Å². The highest BCUT2D eigenvalue weighted by Gasteiger charge is 2.31. The van der Waals surface area contributed by atoms with Gasteiger partial charge in [0.2, 0.25) is 5.82 Å². The summed E-state index contributed by atoms with van der Waals surface area (Å²) in [4.78, 5) is 18.5. The van der Waals surface area contributed by atoms with Crippen LogP contribution in [-0.2, 0) is 6.18 Å². The normalized spacial score (nSPS) is 11.4. The van der Waals surface area contributed by atoms with E-state index in [0.29, 0.717) is 11.7 Å².